The number of aromatic nitrogens is 2. The number of nitrogens with zero attached hydrogens (tertiary/aromatic N) is 2. The Balaban J connectivity index is 1.67. The molecule has 0 atom stereocenters. The Bertz CT molecular complexity index is 810. The molecule has 0 radical (unpaired) electrons. The summed E-state index contributed by atoms with van der Waals surface area (Å²) in [7, 11) is 1.97. The fraction of sp³-hybridized carbons (Fsp3) is 0.294. The van der Waals surface area contributed by atoms with E-state index in [0.29, 0.717) is 12.1 Å². The van der Waals surface area contributed by atoms with Gasteiger partial charge < -0.3 is 14.4 Å². The zero-order chi connectivity index (χ0) is 15.7. The average Bonchev–Trinajstić information content (AvgIpc) is 3.04. The molecule has 1 N–H and O–H groups in total. The fourth-order valence-corrected chi connectivity index (χ4v) is 2.67. The van der Waals surface area contributed by atoms with Gasteiger partial charge in [0.15, 0.2) is 0 Å². The van der Waals surface area contributed by atoms with Gasteiger partial charge in [-0.15, -0.1) is 0 Å². The lowest BCUT2D eigenvalue weighted by Crippen LogP contribution is -2.25. The summed E-state index contributed by atoms with van der Waals surface area (Å²) in [6, 6.07) is 7.78. The van der Waals surface area contributed by atoms with Crippen molar-refractivity contribution in [1.82, 2.24) is 15.0 Å². The molecule has 0 bridgehead atoms. The lowest BCUT2D eigenvalue weighted by molar-refractivity contribution is 0.0954. The quantitative estimate of drug-likeness (QED) is 0.805. The van der Waals surface area contributed by atoms with Crippen molar-refractivity contribution < 1.29 is 9.32 Å². The maximum absolute atomic E-state index is 12.3. The Hall–Kier alpha value is -2.56. The third kappa shape index (κ3) is 2.62. The monoisotopic (exact) mass is 297 g/mol. The van der Waals surface area contributed by atoms with Crippen molar-refractivity contribution >= 4 is 16.8 Å². The molecule has 2 heterocycles. The van der Waals surface area contributed by atoms with Gasteiger partial charge in [-0.1, -0.05) is 11.2 Å². The van der Waals surface area contributed by atoms with Crippen LogP contribution in [-0.2, 0) is 13.5 Å². The summed E-state index contributed by atoms with van der Waals surface area (Å²) in [5.41, 5.74) is 3.68. The van der Waals surface area contributed by atoms with Crippen LogP contribution < -0.4 is 5.32 Å². The molecule has 3 rings (SSSR count). The van der Waals surface area contributed by atoms with Gasteiger partial charge in [-0.2, -0.15) is 0 Å². The van der Waals surface area contributed by atoms with Gasteiger partial charge in [0, 0.05) is 36.4 Å². The van der Waals surface area contributed by atoms with Crippen molar-refractivity contribution in [2.24, 2.45) is 7.05 Å². The Morgan fingerprint density at radius 3 is 2.86 bits per heavy atom. The predicted octanol–water partition coefficient (Wildman–Crippen LogP) is 2.76. The van der Waals surface area contributed by atoms with Gasteiger partial charge in [-0.3, -0.25) is 4.79 Å². The largest absolute Gasteiger partial charge is 0.361 e. The van der Waals surface area contributed by atoms with E-state index in [9.17, 15) is 4.79 Å². The molecule has 0 aliphatic carbocycles. The first-order valence-corrected chi connectivity index (χ1v) is 7.31. The number of aryl methyl sites for hydroxylation is 3. The molecule has 114 valence electrons. The van der Waals surface area contributed by atoms with Crippen LogP contribution in [0.5, 0.6) is 0 Å². The van der Waals surface area contributed by atoms with Crippen LogP contribution in [0.4, 0.5) is 0 Å². The van der Waals surface area contributed by atoms with Gasteiger partial charge in [0.1, 0.15) is 5.76 Å². The summed E-state index contributed by atoms with van der Waals surface area (Å²) in [5, 5.41) is 8.00. The normalized spacial score (nSPS) is 11.0. The summed E-state index contributed by atoms with van der Waals surface area (Å²) in [5.74, 6) is 0.756. The van der Waals surface area contributed by atoms with E-state index in [-0.39, 0.29) is 5.91 Å². The van der Waals surface area contributed by atoms with Gasteiger partial charge >= 0.3 is 0 Å². The molecule has 1 aromatic carbocycles. The Morgan fingerprint density at radius 2 is 2.14 bits per heavy atom. The van der Waals surface area contributed by atoms with E-state index in [1.54, 1.807) is 0 Å². The van der Waals surface area contributed by atoms with E-state index in [0.717, 1.165) is 34.3 Å². The number of carbonyl (C=O) groups excluding carboxylic acids is 1. The Kier molecular flexibility index (Phi) is 3.71. The first-order valence-electron chi connectivity index (χ1n) is 7.31. The van der Waals surface area contributed by atoms with E-state index < -0.39 is 0 Å². The second-order valence-electron chi connectivity index (χ2n) is 5.51. The molecule has 0 aliphatic heterocycles. The van der Waals surface area contributed by atoms with E-state index in [1.807, 2.05) is 55.9 Å². The summed E-state index contributed by atoms with van der Waals surface area (Å²) >= 11 is 0. The molecule has 1 amide bonds. The summed E-state index contributed by atoms with van der Waals surface area (Å²) < 4.78 is 7.13. The van der Waals surface area contributed by atoms with E-state index in [1.165, 1.54) is 0 Å². The summed E-state index contributed by atoms with van der Waals surface area (Å²) in [6.45, 7) is 4.37. The van der Waals surface area contributed by atoms with Crippen LogP contribution in [0.2, 0.25) is 0 Å². The Labute approximate surface area is 128 Å². The van der Waals surface area contributed by atoms with Crippen LogP contribution >= 0.6 is 0 Å². The van der Waals surface area contributed by atoms with Crippen LogP contribution in [0.3, 0.4) is 0 Å². The van der Waals surface area contributed by atoms with Crippen molar-refractivity contribution in [3.05, 3.63) is 53.0 Å². The van der Waals surface area contributed by atoms with Crippen molar-refractivity contribution in [2.75, 3.05) is 6.54 Å². The smallest absolute Gasteiger partial charge is 0.251 e. The first-order chi connectivity index (χ1) is 10.6. The molecule has 0 unspecified atom stereocenters. The minimum atomic E-state index is -0.0603. The molecular weight excluding hydrogens is 278 g/mol. The molecular formula is C17H19N3O2. The zero-order valence-corrected chi connectivity index (χ0v) is 13.0. The molecule has 5 nitrogen and oxygen atoms in total. The second-order valence-corrected chi connectivity index (χ2v) is 5.51. The van der Waals surface area contributed by atoms with Crippen LogP contribution in [0.1, 0.15) is 27.4 Å². The third-order valence-corrected chi connectivity index (χ3v) is 3.99. The number of hydrogen-bond acceptors (Lipinski definition) is 3. The lowest BCUT2D eigenvalue weighted by atomic mass is 10.1. The second kappa shape index (κ2) is 5.67. The molecule has 3 aromatic rings. The van der Waals surface area contributed by atoms with Gasteiger partial charge in [0.05, 0.1) is 5.69 Å². The van der Waals surface area contributed by atoms with E-state index >= 15 is 0 Å². The number of rotatable bonds is 4. The molecule has 22 heavy (non-hydrogen) atoms. The molecule has 0 fully saturated rings. The number of nitrogens with one attached hydrogen (secondary N) is 1. The number of amides is 1. The first kappa shape index (κ1) is 14.4. The molecule has 2 aromatic heterocycles. The highest BCUT2D eigenvalue weighted by Gasteiger charge is 2.11. The molecule has 0 aliphatic rings. The highest BCUT2D eigenvalue weighted by atomic mass is 16.5. The van der Waals surface area contributed by atoms with Crippen LogP contribution in [0.25, 0.3) is 10.9 Å². The van der Waals surface area contributed by atoms with Crippen molar-refractivity contribution in [3.8, 4) is 0 Å². The topological polar surface area (TPSA) is 60.1 Å². The minimum absolute atomic E-state index is 0.0603. The van der Waals surface area contributed by atoms with Crippen LogP contribution in [0, 0.1) is 13.8 Å². The fourth-order valence-electron chi connectivity index (χ4n) is 2.67. The average molecular weight is 297 g/mol. The summed E-state index contributed by atoms with van der Waals surface area (Å²) in [6.07, 6.45) is 2.71. The maximum atomic E-state index is 12.3. The minimum Gasteiger partial charge on any atom is -0.361 e. The highest BCUT2D eigenvalue weighted by Crippen LogP contribution is 2.17. The van der Waals surface area contributed by atoms with Gasteiger partial charge in [-0.25, -0.2) is 0 Å². The highest BCUT2D eigenvalue weighted by molar-refractivity contribution is 5.98. The van der Waals surface area contributed by atoms with E-state index in [4.69, 9.17) is 4.52 Å². The standard InChI is InChI=1S/C17H19N3O2/c1-11-15(12(2)22-19-11)6-8-18-17(21)14-5-4-13-7-9-20(3)16(13)10-14/h4-5,7,9-10H,6,8H2,1-3H3,(H,18,21). The zero-order valence-electron chi connectivity index (χ0n) is 13.0. The maximum Gasteiger partial charge on any atom is 0.251 e. The molecule has 0 saturated heterocycles. The van der Waals surface area contributed by atoms with Crippen molar-refractivity contribution in [1.29, 1.82) is 0 Å². The van der Waals surface area contributed by atoms with Crippen LogP contribution in [0.15, 0.2) is 35.0 Å². The van der Waals surface area contributed by atoms with E-state index in [2.05, 4.69) is 10.5 Å². The lowest BCUT2D eigenvalue weighted by Gasteiger charge is -2.06. The van der Waals surface area contributed by atoms with Crippen LogP contribution in [-0.4, -0.2) is 22.2 Å². The molecule has 0 spiro atoms. The number of benzene rings is 1. The van der Waals surface area contributed by atoms with Gasteiger partial charge in [-0.05, 0) is 43.9 Å². The SMILES string of the molecule is Cc1noc(C)c1CCNC(=O)c1ccc2ccn(C)c2c1. The third-order valence-electron chi connectivity index (χ3n) is 3.99. The number of hydrogen-bond donors (Lipinski definition) is 1. The number of carbonyl (C=O) groups is 1. The van der Waals surface area contributed by atoms with Crippen molar-refractivity contribution in [3.63, 3.8) is 0 Å². The van der Waals surface area contributed by atoms with Gasteiger partial charge in [0.25, 0.3) is 5.91 Å². The van der Waals surface area contributed by atoms with Crippen molar-refractivity contribution in [2.45, 2.75) is 20.3 Å². The molecule has 5 heteroatoms. The predicted molar refractivity (Wildman–Crippen MR) is 84.9 cm³/mol. The number of fused-ring (bicyclic) bond motifs is 1. The Morgan fingerprint density at radius 1 is 1.32 bits per heavy atom. The summed E-state index contributed by atoms with van der Waals surface area (Å²) in [4.78, 5) is 12.3. The molecule has 0 saturated carbocycles. The van der Waals surface area contributed by atoms with Gasteiger partial charge in [0.2, 0.25) is 0 Å².